The fraction of sp³-hybridized carbons (Fsp3) is 0.750. The molecule has 0 saturated heterocycles. The first-order chi connectivity index (χ1) is 5.20. The maximum Gasteiger partial charge on any atom is 0.0745 e. The Morgan fingerprint density at radius 3 is 2.64 bits per heavy atom. The van der Waals surface area contributed by atoms with E-state index in [-0.39, 0.29) is 0 Å². The molecule has 3 heteroatoms. The molecule has 0 N–H and O–H groups in total. The van der Waals surface area contributed by atoms with Crippen LogP contribution in [0.4, 0.5) is 0 Å². The van der Waals surface area contributed by atoms with Crippen LogP contribution in [0.3, 0.4) is 0 Å². The van der Waals surface area contributed by atoms with Gasteiger partial charge in [0.05, 0.1) is 23.6 Å². The predicted molar refractivity (Wildman–Crippen MR) is 47.6 cm³/mol. The van der Waals surface area contributed by atoms with E-state index in [9.17, 15) is 0 Å². The molecule has 0 saturated carbocycles. The van der Waals surface area contributed by atoms with Crippen molar-refractivity contribution in [3.63, 3.8) is 0 Å². The fourth-order valence-corrected chi connectivity index (χ4v) is 1.28. The Kier molecular flexibility index (Phi) is 3.00. The van der Waals surface area contributed by atoms with Crippen LogP contribution >= 0.6 is 11.7 Å². The highest BCUT2D eigenvalue weighted by Gasteiger charge is 2.08. The van der Waals surface area contributed by atoms with Crippen LogP contribution in [0.15, 0.2) is 6.20 Å². The second kappa shape index (κ2) is 3.81. The van der Waals surface area contributed by atoms with E-state index in [1.807, 2.05) is 6.20 Å². The van der Waals surface area contributed by atoms with E-state index in [1.165, 1.54) is 11.7 Å². The number of hydrogen-bond donors (Lipinski definition) is 0. The van der Waals surface area contributed by atoms with Gasteiger partial charge in [-0.3, -0.25) is 0 Å². The summed E-state index contributed by atoms with van der Waals surface area (Å²) in [6, 6.07) is 0. The summed E-state index contributed by atoms with van der Waals surface area (Å²) < 4.78 is 8.13. The van der Waals surface area contributed by atoms with Gasteiger partial charge in [-0.1, -0.05) is 20.8 Å². The SMILES string of the molecule is CC(C)C(C)Cc1cnsn1. The molecule has 1 heterocycles. The molecule has 0 aromatic carbocycles. The van der Waals surface area contributed by atoms with Crippen molar-refractivity contribution in [1.82, 2.24) is 8.75 Å². The van der Waals surface area contributed by atoms with Crippen molar-refractivity contribution in [2.24, 2.45) is 11.8 Å². The third kappa shape index (κ3) is 2.58. The number of rotatable bonds is 3. The van der Waals surface area contributed by atoms with Crippen molar-refractivity contribution < 1.29 is 0 Å². The van der Waals surface area contributed by atoms with E-state index in [1.54, 1.807) is 0 Å². The second-order valence-electron chi connectivity index (χ2n) is 3.32. The van der Waals surface area contributed by atoms with Crippen LogP contribution in [-0.2, 0) is 6.42 Å². The number of hydrogen-bond acceptors (Lipinski definition) is 3. The molecule has 1 atom stereocenters. The molecule has 1 unspecified atom stereocenters. The molecule has 0 amide bonds. The molecule has 2 nitrogen and oxygen atoms in total. The van der Waals surface area contributed by atoms with Crippen LogP contribution in [0.25, 0.3) is 0 Å². The predicted octanol–water partition coefficient (Wildman–Crippen LogP) is 2.37. The first-order valence-electron chi connectivity index (χ1n) is 3.96. The van der Waals surface area contributed by atoms with Gasteiger partial charge in [0.15, 0.2) is 0 Å². The van der Waals surface area contributed by atoms with Crippen molar-refractivity contribution in [3.05, 3.63) is 11.9 Å². The minimum atomic E-state index is 0.707. The smallest absolute Gasteiger partial charge is 0.0745 e. The van der Waals surface area contributed by atoms with Gasteiger partial charge in [0.2, 0.25) is 0 Å². The van der Waals surface area contributed by atoms with Crippen LogP contribution in [0.5, 0.6) is 0 Å². The largest absolute Gasteiger partial charge is 0.181 e. The van der Waals surface area contributed by atoms with E-state index >= 15 is 0 Å². The Labute approximate surface area is 72.0 Å². The molecular formula is C8H14N2S. The van der Waals surface area contributed by atoms with Crippen molar-refractivity contribution in [2.75, 3.05) is 0 Å². The Hall–Kier alpha value is -0.440. The van der Waals surface area contributed by atoms with Gasteiger partial charge in [-0.2, -0.15) is 8.75 Å². The number of aromatic nitrogens is 2. The average Bonchev–Trinajstić information content (AvgIpc) is 2.39. The topological polar surface area (TPSA) is 25.8 Å². The van der Waals surface area contributed by atoms with Crippen molar-refractivity contribution in [3.8, 4) is 0 Å². The van der Waals surface area contributed by atoms with Crippen molar-refractivity contribution in [2.45, 2.75) is 27.2 Å². The summed E-state index contributed by atoms with van der Waals surface area (Å²) in [6.45, 7) is 6.74. The van der Waals surface area contributed by atoms with Gasteiger partial charge in [0.1, 0.15) is 0 Å². The normalized spacial score (nSPS) is 13.8. The van der Waals surface area contributed by atoms with E-state index in [2.05, 4.69) is 29.5 Å². The summed E-state index contributed by atoms with van der Waals surface area (Å²) in [7, 11) is 0. The summed E-state index contributed by atoms with van der Waals surface area (Å²) >= 11 is 1.29. The summed E-state index contributed by atoms with van der Waals surface area (Å²) in [5.41, 5.74) is 1.14. The molecule has 0 spiro atoms. The van der Waals surface area contributed by atoms with E-state index in [0.29, 0.717) is 5.92 Å². The van der Waals surface area contributed by atoms with E-state index < -0.39 is 0 Å². The zero-order chi connectivity index (χ0) is 8.27. The Morgan fingerprint density at radius 1 is 1.45 bits per heavy atom. The van der Waals surface area contributed by atoms with Gasteiger partial charge in [-0.25, -0.2) is 0 Å². The first-order valence-corrected chi connectivity index (χ1v) is 4.69. The molecule has 11 heavy (non-hydrogen) atoms. The lowest BCUT2D eigenvalue weighted by Crippen LogP contribution is -2.07. The highest BCUT2D eigenvalue weighted by molar-refractivity contribution is 6.99. The van der Waals surface area contributed by atoms with Crippen LogP contribution in [0.2, 0.25) is 0 Å². The van der Waals surface area contributed by atoms with Gasteiger partial charge < -0.3 is 0 Å². The summed E-state index contributed by atoms with van der Waals surface area (Å²) in [4.78, 5) is 0. The molecule has 1 aromatic heterocycles. The van der Waals surface area contributed by atoms with Crippen molar-refractivity contribution in [1.29, 1.82) is 0 Å². The van der Waals surface area contributed by atoms with E-state index in [4.69, 9.17) is 0 Å². The molecule has 0 aliphatic rings. The minimum Gasteiger partial charge on any atom is -0.181 e. The zero-order valence-electron chi connectivity index (χ0n) is 7.24. The van der Waals surface area contributed by atoms with Gasteiger partial charge in [-0.05, 0) is 18.3 Å². The third-order valence-electron chi connectivity index (χ3n) is 2.08. The molecule has 1 aromatic rings. The summed E-state index contributed by atoms with van der Waals surface area (Å²) in [5, 5.41) is 0. The zero-order valence-corrected chi connectivity index (χ0v) is 8.06. The monoisotopic (exact) mass is 170 g/mol. The van der Waals surface area contributed by atoms with Crippen LogP contribution < -0.4 is 0 Å². The first kappa shape index (κ1) is 8.65. The Morgan fingerprint density at radius 2 is 2.18 bits per heavy atom. The highest BCUT2D eigenvalue weighted by Crippen LogP contribution is 2.14. The van der Waals surface area contributed by atoms with Crippen LogP contribution in [0, 0.1) is 11.8 Å². The molecule has 62 valence electrons. The quantitative estimate of drug-likeness (QED) is 0.696. The number of nitrogens with zero attached hydrogens (tertiary/aromatic N) is 2. The van der Waals surface area contributed by atoms with Crippen LogP contribution in [0.1, 0.15) is 26.5 Å². The lowest BCUT2D eigenvalue weighted by molar-refractivity contribution is 0.414. The maximum absolute atomic E-state index is 4.17. The van der Waals surface area contributed by atoms with Gasteiger partial charge >= 0.3 is 0 Å². The maximum atomic E-state index is 4.17. The van der Waals surface area contributed by atoms with Gasteiger partial charge in [0.25, 0.3) is 0 Å². The molecule has 0 aliphatic carbocycles. The van der Waals surface area contributed by atoms with E-state index in [0.717, 1.165) is 18.0 Å². The lowest BCUT2D eigenvalue weighted by atomic mass is 9.94. The fourth-order valence-electron chi connectivity index (χ4n) is 0.840. The summed E-state index contributed by atoms with van der Waals surface area (Å²) in [5.74, 6) is 1.44. The lowest BCUT2D eigenvalue weighted by Gasteiger charge is -2.12. The molecule has 0 aliphatic heterocycles. The van der Waals surface area contributed by atoms with Gasteiger partial charge in [0, 0.05) is 0 Å². The molecule has 1 rings (SSSR count). The Balaban J connectivity index is 2.43. The molecule has 0 bridgehead atoms. The van der Waals surface area contributed by atoms with Gasteiger partial charge in [-0.15, -0.1) is 0 Å². The second-order valence-corrected chi connectivity index (χ2v) is 3.88. The highest BCUT2D eigenvalue weighted by atomic mass is 32.1. The minimum absolute atomic E-state index is 0.707. The average molecular weight is 170 g/mol. The summed E-state index contributed by atoms with van der Waals surface area (Å²) in [6.07, 6.45) is 2.93. The standard InChI is InChI=1S/C8H14N2S/c1-6(2)7(3)4-8-5-9-11-10-8/h5-7H,4H2,1-3H3. The molecule has 0 radical (unpaired) electrons. The van der Waals surface area contributed by atoms with Crippen molar-refractivity contribution >= 4 is 11.7 Å². The molecule has 0 fully saturated rings. The molecular weight excluding hydrogens is 156 g/mol. The third-order valence-corrected chi connectivity index (χ3v) is 2.59. The van der Waals surface area contributed by atoms with Crippen LogP contribution in [-0.4, -0.2) is 8.75 Å². The Bertz CT molecular complexity index is 194.